The van der Waals surface area contributed by atoms with Crippen LogP contribution in [0, 0.1) is 0 Å². The second-order valence-corrected chi connectivity index (χ2v) is 8.20. The Balaban J connectivity index is 1.65. The van der Waals surface area contributed by atoms with Crippen LogP contribution in [0.15, 0.2) is 4.99 Å². The number of aliphatic imine (C=N–C) groups is 1. The highest BCUT2D eigenvalue weighted by Crippen LogP contribution is 2.21. The van der Waals surface area contributed by atoms with Crippen molar-refractivity contribution in [2.24, 2.45) is 4.99 Å². The molecule has 0 heterocycles. The smallest absolute Gasteiger partial charge is 0.191 e. The third kappa shape index (κ3) is 10.0. The third-order valence-electron chi connectivity index (χ3n) is 5.42. The van der Waals surface area contributed by atoms with Gasteiger partial charge in [-0.15, -0.1) is 0 Å². The van der Waals surface area contributed by atoms with Gasteiger partial charge in [0.2, 0.25) is 0 Å². The fourth-order valence-electron chi connectivity index (χ4n) is 3.87. The van der Waals surface area contributed by atoms with Gasteiger partial charge in [-0.25, -0.2) is 4.99 Å². The van der Waals surface area contributed by atoms with Crippen molar-refractivity contribution in [3.8, 4) is 0 Å². The second-order valence-electron chi connectivity index (χ2n) is 7.75. The van der Waals surface area contributed by atoms with Crippen molar-refractivity contribution in [3.63, 3.8) is 0 Å². The molecule has 0 atom stereocenters. The molecule has 0 aliphatic heterocycles. The van der Waals surface area contributed by atoms with Gasteiger partial charge >= 0.3 is 0 Å². The number of nitrogens with one attached hydrogen (secondary N) is 4. The van der Waals surface area contributed by atoms with E-state index in [0.29, 0.717) is 12.1 Å². The molecular weight excluding hydrogens is 342 g/mol. The molecule has 2 aliphatic carbocycles. The van der Waals surface area contributed by atoms with E-state index >= 15 is 0 Å². The Bertz CT molecular complexity index is 365. The van der Waals surface area contributed by atoms with Crippen LogP contribution in [-0.4, -0.2) is 56.5 Å². The zero-order valence-electron chi connectivity index (χ0n) is 16.6. The van der Waals surface area contributed by atoms with Gasteiger partial charge in [-0.05, 0) is 44.4 Å². The van der Waals surface area contributed by atoms with Gasteiger partial charge in [0.1, 0.15) is 0 Å². The van der Waals surface area contributed by atoms with Crippen LogP contribution in [0.5, 0.6) is 0 Å². The highest BCUT2D eigenvalue weighted by Gasteiger charge is 2.17. The van der Waals surface area contributed by atoms with Crippen molar-refractivity contribution >= 4 is 18.6 Å². The first-order valence-electron chi connectivity index (χ1n) is 11.0. The van der Waals surface area contributed by atoms with E-state index in [1.165, 1.54) is 64.2 Å². The Kier molecular flexibility index (Phi) is 12.2. The number of hydrogen-bond donors (Lipinski definition) is 5. The predicted molar refractivity (Wildman–Crippen MR) is 117 cm³/mol. The monoisotopic (exact) mass is 383 g/mol. The van der Waals surface area contributed by atoms with Gasteiger partial charge in [0.05, 0.1) is 6.04 Å². The summed E-state index contributed by atoms with van der Waals surface area (Å²) < 4.78 is 0. The van der Waals surface area contributed by atoms with E-state index in [-0.39, 0.29) is 0 Å². The summed E-state index contributed by atoms with van der Waals surface area (Å²) in [5, 5.41) is 14.2. The second kappa shape index (κ2) is 14.6. The summed E-state index contributed by atoms with van der Waals surface area (Å²) in [6.45, 7) is 5.01. The summed E-state index contributed by atoms with van der Waals surface area (Å²) in [7, 11) is 0. The molecule has 0 aromatic carbocycles. The molecule has 0 radical (unpaired) electrons. The molecule has 0 spiro atoms. The molecule has 0 aromatic heterocycles. The first kappa shape index (κ1) is 21.8. The lowest BCUT2D eigenvalue weighted by Crippen LogP contribution is -2.47. The molecular formula is C20H41N5S. The van der Waals surface area contributed by atoms with Crippen LogP contribution in [-0.2, 0) is 0 Å². The minimum atomic E-state index is 0.520. The highest BCUT2D eigenvalue weighted by molar-refractivity contribution is 7.80. The van der Waals surface area contributed by atoms with Crippen molar-refractivity contribution in [1.82, 2.24) is 21.3 Å². The van der Waals surface area contributed by atoms with Crippen molar-refractivity contribution < 1.29 is 0 Å². The molecule has 5 nitrogen and oxygen atoms in total. The topological polar surface area (TPSA) is 60.5 Å². The lowest BCUT2D eigenvalue weighted by molar-refractivity contribution is 0.404. The summed E-state index contributed by atoms with van der Waals surface area (Å²) in [6, 6.07) is 1.13. The molecule has 0 bridgehead atoms. The molecule has 2 saturated carbocycles. The maximum absolute atomic E-state index is 5.04. The number of rotatable bonds is 11. The first-order chi connectivity index (χ1) is 12.9. The zero-order valence-corrected chi connectivity index (χ0v) is 17.5. The van der Waals surface area contributed by atoms with Gasteiger partial charge in [-0.2, -0.15) is 12.6 Å². The van der Waals surface area contributed by atoms with E-state index < -0.39 is 0 Å². The van der Waals surface area contributed by atoms with Crippen LogP contribution in [0.4, 0.5) is 0 Å². The summed E-state index contributed by atoms with van der Waals surface area (Å²) in [4.78, 5) is 5.04. The van der Waals surface area contributed by atoms with E-state index in [1.807, 2.05) is 0 Å². The molecule has 2 aliphatic rings. The van der Waals surface area contributed by atoms with Gasteiger partial charge < -0.3 is 21.3 Å². The Hall–Kier alpha value is -0.460. The molecule has 26 heavy (non-hydrogen) atoms. The van der Waals surface area contributed by atoms with Crippen molar-refractivity contribution in [1.29, 1.82) is 0 Å². The minimum Gasteiger partial charge on any atom is -0.355 e. The molecule has 0 unspecified atom stereocenters. The van der Waals surface area contributed by atoms with E-state index in [4.69, 9.17) is 4.99 Å². The molecule has 0 aromatic rings. The van der Waals surface area contributed by atoms with E-state index in [9.17, 15) is 0 Å². The lowest BCUT2D eigenvalue weighted by Gasteiger charge is -2.27. The summed E-state index contributed by atoms with van der Waals surface area (Å²) in [6.07, 6.45) is 14.4. The van der Waals surface area contributed by atoms with Crippen molar-refractivity contribution in [2.75, 3.05) is 38.5 Å². The number of guanidine groups is 1. The number of nitrogens with zero attached hydrogens (tertiary/aromatic N) is 1. The number of thiol groups is 1. The van der Waals surface area contributed by atoms with Gasteiger partial charge in [-0.1, -0.05) is 38.5 Å². The maximum Gasteiger partial charge on any atom is 0.191 e. The first-order valence-corrected chi connectivity index (χ1v) is 11.6. The van der Waals surface area contributed by atoms with Crippen LogP contribution in [0.3, 0.4) is 0 Å². The summed E-state index contributed by atoms with van der Waals surface area (Å²) in [5.41, 5.74) is 0. The standard InChI is InChI=1S/C20H41N5S/c26-17-7-12-21-13-14-22-15-16-23-20(24-18-8-3-1-4-9-18)25-19-10-5-2-6-11-19/h18-19,21-22,26H,1-17H2,(H2,23,24,25). The fraction of sp³-hybridized carbons (Fsp3) is 0.950. The Morgan fingerprint density at radius 1 is 0.769 bits per heavy atom. The summed E-state index contributed by atoms with van der Waals surface area (Å²) in [5.74, 6) is 2.01. The van der Waals surface area contributed by atoms with Crippen LogP contribution in [0.1, 0.15) is 70.6 Å². The third-order valence-corrected chi connectivity index (χ3v) is 5.73. The van der Waals surface area contributed by atoms with Crippen LogP contribution >= 0.6 is 12.6 Å². The van der Waals surface area contributed by atoms with E-state index in [1.54, 1.807) is 0 Å². The van der Waals surface area contributed by atoms with Crippen molar-refractivity contribution in [3.05, 3.63) is 0 Å². The molecule has 0 saturated heterocycles. The van der Waals surface area contributed by atoms with Gasteiger partial charge in [0.25, 0.3) is 0 Å². The minimum absolute atomic E-state index is 0.520. The van der Waals surface area contributed by atoms with Crippen LogP contribution in [0.25, 0.3) is 0 Å². The zero-order chi connectivity index (χ0) is 18.3. The maximum atomic E-state index is 5.04. The van der Waals surface area contributed by atoms with Gasteiger partial charge in [0.15, 0.2) is 5.96 Å². The summed E-state index contributed by atoms with van der Waals surface area (Å²) >= 11 is 4.22. The average molecular weight is 384 g/mol. The van der Waals surface area contributed by atoms with Crippen LogP contribution < -0.4 is 21.3 Å². The highest BCUT2D eigenvalue weighted by atomic mass is 32.1. The SMILES string of the molecule is SCCCNCCNCCN/C(=N\C1CCCCC1)NC1CCCCC1. The predicted octanol–water partition coefficient (Wildman–Crippen LogP) is 2.69. The van der Waals surface area contributed by atoms with Gasteiger partial charge in [0, 0.05) is 32.2 Å². The normalized spacial score (nSPS) is 20.3. The van der Waals surface area contributed by atoms with E-state index in [0.717, 1.165) is 50.9 Å². The largest absolute Gasteiger partial charge is 0.355 e. The molecule has 0 amide bonds. The molecule has 2 rings (SSSR count). The Labute approximate surface area is 166 Å². The molecule has 6 heteroatoms. The number of hydrogen-bond acceptors (Lipinski definition) is 4. The van der Waals surface area contributed by atoms with Crippen LogP contribution in [0.2, 0.25) is 0 Å². The average Bonchev–Trinajstić information content (AvgIpc) is 2.68. The van der Waals surface area contributed by atoms with E-state index in [2.05, 4.69) is 33.9 Å². The Morgan fingerprint density at radius 2 is 1.38 bits per heavy atom. The van der Waals surface area contributed by atoms with Gasteiger partial charge in [-0.3, -0.25) is 0 Å². The molecule has 4 N–H and O–H groups in total. The Morgan fingerprint density at radius 3 is 2.08 bits per heavy atom. The lowest BCUT2D eigenvalue weighted by atomic mass is 9.95. The quantitative estimate of drug-likeness (QED) is 0.165. The molecule has 2 fully saturated rings. The fourth-order valence-corrected chi connectivity index (χ4v) is 4.03. The van der Waals surface area contributed by atoms with Crippen molar-refractivity contribution in [2.45, 2.75) is 82.7 Å². The molecule has 152 valence electrons.